The molecular formula is C45H70N6O9S. The van der Waals surface area contributed by atoms with Gasteiger partial charge in [-0.15, -0.1) is 0 Å². The number of likely N-dealkylation sites (tertiary alicyclic amines) is 1. The summed E-state index contributed by atoms with van der Waals surface area (Å²) in [5.74, 6) is -3.38. The molecule has 4 N–H and O–H groups in total. The Balaban J connectivity index is 1.82. The number of amides is 5. The first-order valence-corrected chi connectivity index (χ1v) is 22.9. The molecule has 0 aromatic heterocycles. The summed E-state index contributed by atoms with van der Waals surface area (Å²) in [5, 5.41) is 8.78. The minimum Gasteiger partial charge on any atom is -0.379 e. The number of ether oxygens (including phenoxy) is 2. The van der Waals surface area contributed by atoms with E-state index in [0.717, 1.165) is 0 Å². The molecular weight excluding hydrogens is 801 g/mol. The first-order chi connectivity index (χ1) is 28.8. The number of nitrogens with one attached hydrogen (secondary N) is 4. The monoisotopic (exact) mass is 870 g/mol. The third kappa shape index (κ3) is 13.6. The summed E-state index contributed by atoms with van der Waals surface area (Å²) in [7, 11) is 2.16. The number of nitrogens with zero attached hydrogens (tertiary/aromatic N) is 2. The van der Waals surface area contributed by atoms with Crippen molar-refractivity contribution in [3.05, 3.63) is 66.2 Å². The van der Waals surface area contributed by atoms with Gasteiger partial charge in [0.05, 0.1) is 47.6 Å². The molecule has 3 rings (SSSR count). The first-order valence-electron chi connectivity index (χ1n) is 21.4. The number of carbonyl (C=O) groups excluding carboxylic acids is 5. The molecule has 2 aromatic rings. The van der Waals surface area contributed by atoms with Crippen molar-refractivity contribution in [2.45, 2.75) is 128 Å². The normalized spacial score (nSPS) is 18.3. The van der Waals surface area contributed by atoms with E-state index in [4.69, 9.17) is 9.47 Å². The second-order valence-electron chi connectivity index (χ2n) is 16.9. The molecule has 1 fully saturated rings. The first kappa shape index (κ1) is 51.0. The summed E-state index contributed by atoms with van der Waals surface area (Å²) < 4.78 is 40.3. The van der Waals surface area contributed by atoms with E-state index in [2.05, 4.69) is 20.7 Å². The number of sulfonamides is 1. The standard InChI is InChI=1S/C45H70N6O9S/c1-12-30(6)40(50(9)45(56)39(29(4)5)48-44(55)38(46-8)28(2)3)36(59-10)27-37(52)51-25-19-24-35(51)41(60-11)31(7)42(53)47-34(26-32-20-15-13-16-21-32)43(54)49-61(57,58)33-22-17-14-18-23-33/h13-18,20-23,28-31,34-36,38-41,46H,12,19,24-27H2,1-11H3,(H,47,53)(H,48,55)(H,49,54)/t30-,31+,34-,35-,36+,38-,39-,40-,41+/m0/s1. The predicted molar refractivity (Wildman–Crippen MR) is 234 cm³/mol. The van der Waals surface area contributed by atoms with Crippen LogP contribution in [0.1, 0.15) is 79.7 Å². The highest BCUT2D eigenvalue weighted by Gasteiger charge is 2.43. The zero-order valence-corrected chi connectivity index (χ0v) is 38.7. The van der Waals surface area contributed by atoms with Crippen LogP contribution < -0.4 is 20.7 Å². The lowest BCUT2D eigenvalue weighted by molar-refractivity contribution is -0.148. The molecule has 61 heavy (non-hydrogen) atoms. The number of likely N-dealkylation sites (N-methyl/N-ethyl adjacent to an activating group) is 2. The van der Waals surface area contributed by atoms with Crippen LogP contribution >= 0.6 is 0 Å². The van der Waals surface area contributed by atoms with Crippen molar-refractivity contribution in [3.63, 3.8) is 0 Å². The fourth-order valence-electron chi connectivity index (χ4n) is 8.27. The Bertz CT molecular complexity index is 1850. The molecule has 0 aliphatic carbocycles. The molecule has 0 saturated carbocycles. The molecule has 1 heterocycles. The van der Waals surface area contributed by atoms with Gasteiger partial charge in [0, 0.05) is 34.2 Å². The van der Waals surface area contributed by atoms with E-state index in [9.17, 15) is 32.4 Å². The number of methoxy groups -OCH3 is 2. The summed E-state index contributed by atoms with van der Waals surface area (Å²) in [6, 6.07) is 12.9. The maximum atomic E-state index is 14.3. The van der Waals surface area contributed by atoms with Crippen LogP contribution in [-0.4, -0.2) is 125 Å². The van der Waals surface area contributed by atoms with Crippen molar-refractivity contribution < 1.29 is 41.9 Å². The van der Waals surface area contributed by atoms with Gasteiger partial charge in [0.15, 0.2) is 0 Å². The second kappa shape index (κ2) is 23.7. The second-order valence-corrected chi connectivity index (χ2v) is 18.5. The van der Waals surface area contributed by atoms with E-state index >= 15 is 0 Å². The van der Waals surface area contributed by atoms with Gasteiger partial charge in [-0.25, -0.2) is 13.1 Å². The zero-order valence-electron chi connectivity index (χ0n) is 37.8. The van der Waals surface area contributed by atoms with Crippen LogP contribution in [0.25, 0.3) is 0 Å². The number of hydrogen-bond donors (Lipinski definition) is 4. The number of carbonyl (C=O) groups is 5. The zero-order chi connectivity index (χ0) is 45.6. The molecule has 0 spiro atoms. The highest BCUT2D eigenvalue weighted by Crippen LogP contribution is 2.30. The lowest BCUT2D eigenvalue weighted by Crippen LogP contribution is -2.59. The van der Waals surface area contributed by atoms with Gasteiger partial charge in [0.1, 0.15) is 12.1 Å². The summed E-state index contributed by atoms with van der Waals surface area (Å²) >= 11 is 0. The molecule has 1 aliphatic heterocycles. The van der Waals surface area contributed by atoms with E-state index in [0.29, 0.717) is 31.4 Å². The number of benzene rings is 2. The minimum absolute atomic E-state index is 0.00115. The maximum Gasteiger partial charge on any atom is 0.264 e. The third-order valence-electron chi connectivity index (χ3n) is 12.0. The van der Waals surface area contributed by atoms with Gasteiger partial charge in [-0.1, -0.05) is 103 Å². The van der Waals surface area contributed by atoms with Crippen LogP contribution in [0.5, 0.6) is 0 Å². The maximum absolute atomic E-state index is 14.3. The molecule has 0 unspecified atom stereocenters. The van der Waals surface area contributed by atoms with Gasteiger partial charge in [-0.3, -0.25) is 24.0 Å². The van der Waals surface area contributed by atoms with Crippen molar-refractivity contribution in [1.29, 1.82) is 0 Å². The Morgan fingerprint density at radius 2 is 1.41 bits per heavy atom. The fourth-order valence-corrected chi connectivity index (χ4v) is 9.31. The molecule has 340 valence electrons. The Morgan fingerprint density at radius 3 is 1.93 bits per heavy atom. The van der Waals surface area contributed by atoms with Crippen LogP contribution in [0.4, 0.5) is 0 Å². The van der Waals surface area contributed by atoms with E-state index < -0.39 is 70.2 Å². The molecule has 0 bridgehead atoms. The summed E-state index contributed by atoms with van der Waals surface area (Å²) in [6.07, 6.45) is 0.385. The van der Waals surface area contributed by atoms with Crippen molar-refractivity contribution >= 4 is 39.6 Å². The van der Waals surface area contributed by atoms with Gasteiger partial charge >= 0.3 is 0 Å². The van der Waals surface area contributed by atoms with Gasteiger partial charge < -0.3 is 35.2 Å². The van der Waals surface area contributed by atoms with Crippen LogP contribution in [0.2, 0.25) is 0 Å². The SMILES string of the molecule is CC[C@H](C)[C@@H]([C@@H](CC(=O)N1CCC[C@H]1[C@H](OC)[C@@H](C)C(=O)N[C@@H](Cc1ccccc1)C(=O)NS(=O)(=O)c1ccccc1)OC)N(C)C(=O)[C@@H](NC(=O)[C@@H](NC)C(C)C)C(C)C. The van der Waals surface area contributed by atoms with E-state index in [1.807, 2.05) is 47.6 Å². The van der Waals surface area contributed by atoms with E-state index in [1.54, 1.807) is 73.3 Å². The largest absolute Gasteiger partial charge is 0.379 e. The van der Waals surface area contributed by atoms with Crippen molar-refractivity contribution in [3.8, 4) is 0 Å². The van der Waals surface area contributed by atoms with Gasteiger partial charge in [0.2, 0.25) is 23.6 Å². The molecule has 15 nitrogen and oxygen atoms in total. The Labute approximate surface area is 363 Å². The quantitative estimate of drug-likeness (QED) is 0.129. The van der Waals surface area contributed by atoms with Crippen molar-refractivity contribution in [1.82, 2.24) is 30.5 Å². The Morgan fingerprint density at radius 1 is 0.820 bits per heavy atom. The lowest BCUT2D eigenvalue weighted by Gasteiger charge is -2.41. The molecule has 1 aliphatic rings. The molecule has 0 radical (unpaired) electrons. The van der Waals surface area contributed by atoms with Crippen LogP contribution in [0.3, 0.4) is 0 Å². The molecule has 1 saturated heterocycles. The minimum atomic E-state index is -4.23. The molecule has 16 heteroatoms. The summed E-state index contributed by atoms with van der Waals surface area (Å²) in [4.78, 5) is 72.7. The summed E-state index contributed by atoms with van der Waals surface area (Å²) in [5.41, 5.74) is 0.706. The predicted octanol–water partition coefficient (Wildman–Crippen LogP) is 3.52. The van der Waals surface area contributed by atoms with Crippen molar-refractivity contribution in [2.24, 2.45) is 23.7 Å². The topological polar surface area (TPSA) is 193 Å². The van der Waals surface area contributed by atoms with Crippen molar-refractivity contribution in [2.75, 3.05) is 34.9 Å². The van der Waals surface area contributed by atoms with E-state index in [1.165, 1.54) is 26.4 Å². The molecule has 9 atom stereocenters. The fraction of sp³-hybridized carbons (Fsp3) is 0.622. The van der Waals surface area contributed by atoms with Gasteiger partial charge in [-0.05, 0) is 55.3 Å². The van der Waals surface area contributed by atoms with Gasteiger partial charge in [0.25, 0.3) is 15.9 Å². The average Bonchev–Trinajstić information content (AvgIpc) is 3.72. The number of hydrogen-bond acceptors (Lipinski definition) is 10. The Hall–Kier alpha value is -4.38. The third-order valence-corrected chi connectivity index (χ3v) is 13.3. The number of rotatable bonds is 23. The van der Waals surface area contributed by atoms with Gasteiger partial charge in [-0.2, -0.15) is 0 Å². The van der Waals surface area contributed by atoms with E-state index in [-0.39, 0.29) is 53.2 Å². The van der Waals surface area contributed by atoms with Crippen LogP contribution in [0.15, 0.2) is 65.6 Å². The molecule has 5 amide bonds. The average molecular weight is 871 g/mol. The highest BCUT2D eigenvalue weighted by molar-refractivity contribution is 7.90. The molecule has 2 aromatic carbocycles. The summed E-state index contributed by atoms with van der Waals surface area (Å²) in [6.45, 7) is 13.7. The Kier molecular flexibility index (Phi) is 19.8. The lowest BCUT2D eigenvalue weighted by atomic mass is 9.89. The highest BCUT2D eigenvalue weighted by atomic mass is 32.2. The van der Waals surface area contributed by atoms with Crippen LogP contribution in [0, 0.1) is 23.7 Å². The smallest absolute Gasteiger partial charge is 0.264 e. The van der Waals surface area contributed by atoms with Crippen LogP contribution in [-0.2, 0) is 49.9 Å².